The number of para-hydroxylation sites is 1. The summed E-state index contributed by atoms with van der Waals surface area (Å²) in [6.45, 7) is 1.92. The number of thioether (sulfide) groups is 1. The molecule has 2 rings (SSSR count). The van der Waals surface area contributed by atoms with E-state index in [9.17, 15) is 0 Å². The lowest BCUT2D eigenvalue weighted by molar-refractivity contribution is 0.574. The van der Waals surface area contributed by atoms with Gasteiger partial charge in [-0.25, -0.2) is 0 Å². The number of hydrogen-bond donors (Lipinski definition) is 1. The standard InChI is InChI=1S/C15H24N2S/c1-18-11-9-14(12-16)17-10-5-4-7-13-6-2-3-8-15(13)17/h2-3,6,8,14H,4-5,7,9-12,16H2,1H3. The summed E-state index contributed by atoms with van der Waals surface area (Å²) in [4.78, 5) is 2.55. The molecule has 0 spiro atoms. The fourth-order valence-electron chi connectivity index (χ4n) is 2.75. The zero-order valence-electron chi connectivity index (χ0n) is 11.3. The Bertz CT molecular complexity index is 367. The molecular formula is C15H24N2S. The first-order valence-corrected chi connectivity index (χ1v) is 8.29. The van der Waals surface area contributed by atoms with Crippen molar-refractivity contribution >= 4 is 17.4 Å². The van der Waals surface area contributed by atoms with Gasteiger partial charge in [0.2, 0.25) is 0 Å². The minimum atomic E-state index is 0.497. The summed E-state index contributed by atoms with van der Waals surface area (Å²) in [5.74, 6) is 1.19. The van der Waals surface area contributed by atoms with Crippen molar-refractivity contribution in [3.8, 4) is 0 Å². The Labute approximate surface area is 115 Å². The first-order valence-electron chi connectivity index (χ1n) is 6.90. The molecule has 1 heterocycles. The summed E-state index contributed by atoms with van der Waals surface area (Å²) in [6.07, 6.45) is 7.15. The topological polar surface area (TPSA) is 29.3 Å². The van der Waals surface area contributed by atoms with Crippen LogP contribution in [0.5, 0.6) is 0 Å². The maximum Gasteiger partial charge on any atom is 0.0420 e. The van der Waals surface area contributed by atoms with Crippen LogP contribution in [0, 0.1) is 0 Å². The quantitative estimate of drug-likeness (QED) is 0.886. The number of nitrogens with two attached hydrogens (primary N) is 1. The number of anilines is 1. The molecule has 1 aliphatic rings. The van der Waals surface area contributed by atoms with Gasteiger partial charge in [0.1, 0.15) is 0 Å². The Morgan fingerprint density at radius 1 is 1.33 bits per heavy atom. The normalized spacial score (nSPS) is 17.1. The van der Waals surface area contributed by atoms with Gasteiger partial charge in [0.15, 0.2) is 0 Å². The number of hydrogen-bond acceptors (Lipinski definition) is 3. The lowest BCUT2D eigenvalue weighted by atomic mass is 10.1. The van der Waals surface area contributed by atoms with Crippen LogP contribution in [-0.2, 0) is 6.42 Å². The van der Waals surface area contributed by atoms with Crippen LogP contribution in [0.15, 0.2) is 24.3 Å². The highest BCUT2D eigenvalue weighted by Crippen LogP contribution is 2.28. The Balaban J connectivity index is 2.20. The van der Waals surface area contributed by atoms with Crippen LogP contribution in [0.2, 0.25) is 0 Å². The molecule has 0 bridgehead atoms. The van der Waals surface area contributed by atoms with E-state index in [-0.39, 0.29) is 0 Å². The van der Waals surface area contributed by atoms with E-state index in [0.29, 0.717) is 6.04 Å². The molecular weight excluding hydrogens is 240 g/mol. The van der Waals surface area contributed by atoms with Crippen molar-refractivity contribution in [2.24, 2.45) is 5.73 Å². The second-order valence-electron chi connectivity index (χ2n) is 4.95. The Kier molecular flexibility index (Phi) is 5.39. The van der Waals surface area contributed by atoms with Crippen LogP contribution in [0.4, 0.5) is 5.69 Å². The average Bonchev–Trinajstić information content (AvgIpc) is 2.63. The summed E-state index contributed by atoms with van der Waals surface area (Å²) < 4.78 is 0. The molecule has 1 atom stereocenters. The molecule has 0 saturated carbocycles. The number of fused-ring (bicyclic) bond motifs is 1. The predicted molar refractivity (Wildman–Crippen MR) is 82.6 cm³/mol. The third-order valence-electron chi connectivity index (χ3n) is 3.76. The molecule has 2 nitrogen and oxygen atoms in total. The van der Waals surface area contributed by atoms with Crippen LogP contribution >= 0.6 is 11.8 Å². The van der Waals surface area contributed by atoms with Crippen molar-refractivity contribution in [3.63, 3.8) is 0 Å². The molecule has 0 aromatic heterocycles. The molecule has 1 aromatic rings. The second kappa shape index (κ2) is 7.05. The largest absolute Gasteiger partial charge is 0.367 e. The van der Waals surface area contributed by atoms with Gasteiger partial charge in [0.05, 0.1) is 0 Å². The minimum absolute atomic E-state index is 0.497. The van der Waals surface area contributed by atoms with Crippen molar-refractivity contribution in [1.82, 2.24) is 0 Å². The Morgan fingerprint density at radius 2 is 2.17 bits per heavy atom. The lowest BCUT2D eigenvalue weighted by Gasteiger charge is -2.33. The van der Waals surface area contributed by atoms with Gasteiger partial charge in [0.25, 0.3) is 0 Å². The summed E-state index contributed by atoms with van der Waals surface area (Å²) in [5.41, 5.74) is 8.92. The molecule has 0 radical (unpaired) electrons. The molecule has 1 aromatic carbocycles. The van der Waals surface area contributed by atoms with Crippen molar-refractivity contribution < 1.29 is 0 Å². The molecule has 1 unspecified atom stereocenters. The fraction of sp³-hybridized carbons (Fsp3) is 0.600. The molecule has 0 amide bonds. The molecule has 2 N–H and O–H groups in total. The summed E-state index contributed by atoms with van der Waals surface area (Å²) >= 11 is 1.91. The van der Waals surface area contributed by atoms with Crippen molar-refractivity contribution in [1.29, 1.82) is 0 Å². The highest BCUT2D eigenvalue weighted by Gasteiger charge is 2.21. The summed E-state index contributed by atoms with van der Waals surface area (Å²) in [6, 6.07) is 9.34. The van der Waals surface area contributed by atoms with Gasteiger partial charge in [-0.3, -0.25) is 0 Å². The highest BCUT2D eigenvalue weighted by atomic mass is 32.2. The average molecular weight is 264 g/mol. The zero-order chi connectivity index (χ0) is 12.8. The van der Waals surface area contributed by atoms with Gasteiger partial charge in [0, 0.05) is 24.8 Å². The van der Waals surface area contributed by atoms with Crippen LogP contribution in [0.1, 0.15) is 24.8 Å². The SMILES string of the molecule is CSCCC(CN)N1CCCCc2ccccc21. The molecule has 3 heteroatoms. The fourth-order valence-corrected chi connectivity index (χ4v) is 3.26. The summed E-state index contributed by atoms with van der Waals surface area (Å²) in [5, 5.41) is 0. The lowest BCUT2D eigenvalue weighted by Crippen LogP contribution is -2.41. The van der Waals surface area contributed by atoms with Gasteiger partial charge < -0.3 is 10.6 Å². The van der Waals surface area contributed by atoms with E-state index in [1.807, 2.05) is 11.8 Å². The molecule has 100 valence electrons. The van der Waals surface area contributed by atoms with E-state index in [2.05, 4.69) is 35.4 Å². The van der Waals surface area contributed by atoms with E-state index < -0.39 is 0 Å². The first-order chi connectivity index (χ1) is 8.86. The monoisotopic (exact) mass is 264 g/mol. The third kappa shape index (κ3) is 3.21. The Hall–Kier alpha value is -0.670. The number of nitrogens with zero attached hydrogens (tertiary/aromatic N) is 1. The molecule has 18 heavy (non-hydrogen) atoms. The second-order valence-corrected chi connectivity index (χ2v) is 5.94. The van der Waals surface area contributed by atoms with Crippen molar-refractivity contribution in [3.05, 3.63) is 29.8 Å². The first kappa shape index (κ1) is 13.8. The van der Waals surface area contributed by atoms with Crippen molar-refractivity contribution in [2.45, 2.75) is 31.7 Å². The molecule has 0 fully saturated rings. The van der Waals surface area contributed by atoms with Gasteiger partial charge in [-0.2, -0.15) is 11.8 Å². The van der Waals surface area contributed by atoms with Gasteiger partial charge in [-0.1, -0.05) is 18.2 Å². The Morgan fingerprint density at radius 3 is 2.94 bits per heavy atom. The predicted octanol–water partition coefficient (Wildman–Crippen LogP) is 2.91. The smallest absolute Gasteiger partial charge is 0.0420 e. The van der Waals surface area contributed by atoms with E-state index in [4.69, 9.17) is 5.73 Å². The number of rotatable bonds is 5. The van der Waals surface area contributed by atoms with Crippen molar-refractivity contribution in [2.75, 3.05) is 30.0 Å². The van der Waals surface area contributed by atoms with Gasteiger partial charge in [-0.05, 0) is 49.3 Å². The van der Waals surface area contributed by atoms with E-state index in [0.717, 1.165) is 13.1 Å². The van der Waals surface area contributed by atoms with Crippen LogP contribution in [-0.4, -0.2) is 31.1 Å². The maximum atomic E-state index is 6.00. The number of aryl methyl sites for hydroxylation is 1. The zero-order valence-corrected chi connectivity index (χ0v) is 12.1. The van der Waals surface area contributed by atoms with E-state index in [1.165, 1.54) is 42.7 Å². The molecule has 0 saturated heterocycles. The maximum absolute atomic E-state index is 6.00. The van der Waals surface area contributed by atoms with E-state index in [1.54, 1.807) is 0 Å². The minimum Gasteiger partial charge on any atom is -0.367 e. The molecule has 0 aliphatic carbocycles. The van der Waals surface area contributed by atoms with Crippen LogP contribution < -0.4 is 10.6 Å². The summed E-state index contributed by atoms with van der Waals surface area (Å²) in [7, 11) is 0. The van der Waals surface area contributed by atoms with E-state index >= 15 is 0 Å². The van der Waals surface area contributed by atoms with Crippen LogP contribution in [0.3, 0.4) is 0 Å². The molecule has 1 aliphatic heterocycles. The number of benzene rings is 1. The third-order valence-corrected chi connectivity index (χ3v) is 4.41. The van der Waals surface area contributed by atoms with Crippen LogP contribution in [0.25, 0.3) is 0 Å². The highest BCUT2D eigenvalue weighted by molar-refractivity contribution is 7.98. The van der Waals surface area contributed by atoms with Gasteiger partial charge >= 0.3 is 0 Å². The van der Waals surface area contributed by atoms with Gasteiger partial charge in [-0.15, -0.1) is 0 Å².